The van der Waals surface area contributed by atoms with Crippen LogP contribution in [0.4, 0.5) is 4.79 Å². The number of ether oxygens (including phenoxy) is 1. The number of phenolic OH excluding ortho intramolecular Hbond substituents is 1. The topological polar surface area (TPSA) is 90.3 Å². The second-order valence-corrected chi connectivity index (χ2v) is 10.0. The molecule has 172 valence electrons. The SMILES string of the molecule is CC(C)(C)OC(=O)N1CCN(C(=O)C(c2ccc(O)c(Cl)c2)C2(O)CCCCC2)CC1. The van der Waals surface area contributed by atoms with Crippen LogP contribution in [0, 0.1) is 0 Å². The Morgan fingerprint density at radius 1 is 1.06 bits per heavy atom. The molecule has 0 bridgehead atoms. The van der Waals surface area contributed by atoms with Crippen LogP contribution < -0.4 is 0 Å². The van der Waals surface area contributed by atoms with Crippen molar-refractivity contribution in [3.05, 3.63) is 28.8 Å². The highest BCUT2D eigenvalue weighted by Crippen LogP contribution is 2.42. The van der Waals surface area contributed by atoms with Crippen molar-refractivity contribution >= 4 is 23.6 Å². The summed E-state index contributed by atoms with van der Waals surface area (Å²) in [5.74, 6) is -0.993. The summed E-state index contributed by atoms with van der Waals surface area (Å²) in [6.07, 6.45) is 3.46. The molecule has 2 fully saturated rings. The molecule has 2 amide bonds. The van der Waals surface area contributed by atoms with Crippen LogP contribution >= 0.6 is 11.6 Å². The van der Waals surface area contributed by atoms with Gasteiger partial charge in [0.15, 0.2) is 0 Å². The van der Waals surface area contributed by atoms with Gasteiger partial charge in [0, 0.05) is 26.2 Å². The Kier molecular flexibility index (Phi) is 7.06. The van der Waals surface area contributed by atoms with Crippen LogP contribution in [0.15, 0.2) is 18.2 Å². The first kappa shape index (κ1) is 23.7. The fraction of sp³-hybridized carbons (Fsp3) is 0.652. The van der Waals surface area contributed by atoms with Crippen LogP contribution in [0.2, 0.25) is 5.02 Å². The zero-order chi connectivity index (χ0) is 22.8. The number of piperazine rings is 1. The molecule has 1 aromatic carbocycles. The largest absolute Gasteiger partial charge is 0.506 e. The molecule has 0 aromatic heterocycles. The minimum Gasteiger partial charge on any atom is -0.506 e. The van der Waals surface area contributed by atoms with E-state index in [2.05, 4.69) is 0 Å². The molecule has 8 heteroatoms. The average Bonchev–Trinajstić information content (AvgIpc) is 2.70. The number of aliphatic hydroxyl groups is 1. The van der Waals surface area contributed by atoms with Crippen molar-refractivity contribution in [1.82, 2.24) is 9.80 Å². The number of rotatable bonds is 3. The number of carbonyl (C=O) groups is 2. The third-order valence-electron chi connectivity index (χ3n) is 6.05. The van der Waals surface area contributed by atoms with Gasteiger partial charge in [0.2, 0.25) is 5.91 Å². The summed E-state index contributed by atoms with van der Waals surface area (Å²) in [6, 6.07) is 4.70. The van der Waals surface area contributed by atoms with E-state index in [9.17, 15) is 19.8 Å². The van der Waals surface area contributed by atoms with Gasteiger partial charge in [0.25, 0.3) is 0 Å². The molecule has 7 nitrogen and oxygen atoms in total. The monoisotopic (exact) mass is 452 g/mol. The van der Waals surface area contributed by atoms with Crippen molar-refractivity contribution < 1.29 is 24.5 Å². The number of benzene rings is 1. The first-order valence-corrected chi connectivity index (χ1v) is 11.4. The number of amides is 2. The molecule has 1 atom stereocenters. The van der Waals surface area contributed by atoms with E-state index in [4.69, 9.17) is 16.3 Å². The Morgan fingerprint density at radius 2 is 1.65 bits per heavy atom. The molecule has 0 spiro atoms. The van der Waals surface area contributed by atoms with Crippen molar-refractivity contribution in [3.63, 3.8) is 0 Å². The maximum absolute atomic E-state index is 13.6. The van der Waals surface area contributed by atoms with Crippen molar-refractivity contribution in [2.45, 2.75) is 70.0 Å². The van der Waals surface area contributed by atoms with Crippen molar-refractivity contribution in [1.29, 1.82) is 0 Å². The molecule has 1 aliphatic heterocycles. The number of hydrogen-bond donors (Lipinski definition) is 2. The lowest BCUT2D eigenvalue weighted by Gasteiger charge is -2.43. The Morgan fingerprint density at radius 3 is 2.19 bits per heavy atom. The van der Waals surface area contributed by atoms with Gasteiger partial charge in [-0.1, -0.05) is 36.9 Å². The number of aromatic hydroxyl groups is 1. The molecular formula is C23H33ClN2O5. The van der Waals surface area contributed by atoms with Crippen molar-refractivity contribution in [2.75, 3.05) is 26.2 Å². The van der Waals surface area contributed by atoms with Gasteiger partial charge in [-0.3, -0.25) is 4.79 Å². The molecule has 3 rings (SSSR count). The zero-order valence-electron chi connectivity index (χ0n) is 18.6. The Balaban J connectivity index is 1.78. The van der Waals surface area contributed by atoms with Crippen LogP contribution in [0.25, 0.3) is 0 Å². The van der Waals surface area contributed by atoms with E-state index in [0.29, 0.717) is 44.6 Å². The first-order chi connectivity index (χ1) is 14.5. The van der Waals surface area contributed by atoms with Crippen LogP contribution in [-0.2, 0) is 9.53 Å². The van der Waals surface area contributed by atoms with E-state index in [1.165, 1.54) is 6.07 Å². The number of nitrogens with zero attached hydrogens (tertiary/aromatic N) is 2. The lowest BCUT2D eigenvalue weighted by atomic mass is 9.72. The van der Waals surface area contributed by atoms with E-state index >= 15 is 0 Å². The second kappa shape index (κ2) is 9.25. The molecule has 31 heavy (non-hydrogen) atoms. The van der Waals surface area contributed by atoms with Gasteiger partial charge < -0.3 is 24.7 Å². The molecule has 2 N–H and O–H groups in total. The van der Waals surface area contributed by atoms with E-state index in [1.807, 2.05) is 20.8 Å². The number of phenols is 1. The Bertz CT molecular complexity index is 809. The van der Waals surface area contributed by atoms with Crippen molar-refractivity contribution in [2.24, 2.45) is 0 Å². The summed E-state index contributed by atoms with van der Waals surface area (Å²) in [7, 11) is 0. The Labute approximate surface area is 188 Å². The molecule has 1 aliphatic carbocycles. The highest BCUT2D eigenvalue weighted by molar-refractivity contribution is 6.32. The van der Waals surface area contributed by atoms with Gasteiger partial charge >= 0.3 is 6.09 Å². The molecule has 0 radical (unpaired) electrons. The third kappa shape index (κ3) is 5.63. The van der Waals surface area contributed by atoms with Gasteiger partial charge in [-0.2, -0.15) is 0 Å². The standard InChI is InChI=1S/C23H33ClN2O5/c1-22(2,3)31-21(29)26-13-11-25(12-14-26)20(28)19(23(30)9-5-4-6-10-23)16-7-8-18(27)17(24)15-16/h7-8,15,19,27,30H,4-6,9-14H2,1-3H3. The van der Waals surface area contributed by atoms with Gasteiger partial charge in [-0.15, -0.1) is 0 Å². The third-order valence-corrected chi connectivity index (χ3v) is 6.35. The van der Waals surface area contributed by atoms with Gasteiger partial charge in [-0.05, 0) is 51.3 Å². The summed E-state index contributed by atoms with van der Waals surface area (Å²) < 4.78 is 5.43. The lowest BCUT2D eigenvalue weighted by Crippen LogP contribution is -2.55. The number of hydrogen-bond acceptors (Lipinski definition) is 5. The van der Waals surface area contributed by atoms with Crippen LogP contribution in [0.1, 0.15) is 64.4 Å². The van der Waals surface area contributed by atoms with Gasteiger partial charge in [-0.25, -0.2) is 4.79 Å². The molecule has 2 aliphatic rings. The summed E-state index contributed by atoms with van der Waals surface area (Å²) >= 11 is 6.12. The number of carbonyl (C=O) groups excluding carboxylic acids is 2. The fourth-order valence-electron chi connectivity index (χ4n) is 4.46. The van der Waals surface area contributed by atoms with E-state index in [0.717, 1.165) is 19.3 Å². The molecule has 1 unspecified atom stereocenters. The Hall–Kier alpha value is -1.99. The van der Waals surface area contributed by atoms with Gasteiger partial charge in [0.05, 0.1) is 16.5 Å². The smallest absolute Gasteiger partial charge is 0.410 e. The predicted octanol–water partition coefficient (Wildman–Crippen LogP) is 3.90. The molecular weight excluding hydrogens is 420 g/mol. The first-order valence-electron chi connectivity index (χ1n) is 11.0. The lowest BCUT2D eigenvalue weighted by molar-refractivity contribution is -0.143. The van der Waals surface area contributed by atoms with E-state index in [1.54, 1.807) is 21.9 Å². The van der Waals surface area contributed by atoms with E-state index < -0.39 is 17.1 Å². The molecule has 1 aromatic rings. The normalized spacial score (nSPS) is 20.3. The van der Waals surface area contributed by atoms with Crippen molar-refractivity contribution in [3.8, 4) is 5.75 Å². The maximum atomic E-state index is 13.6. The minimum atomic E-state index is -1.15. The zero-order valence-corrected chi connectivity index (χ0v) is 19.3. The summed E-state index contributed by atoms with van der Waals surface area (Å²) in [4.78, 5) is 29.3. The summed E-state index contributed by atoms with van der Waals surface area (Å²) in [5.41, 5.74) is -1.12. The van der Waals surface area contributed by atoms with Crippen LogP contribution in [0.5, 0.6) is 5.75 Å². The molecule has 1 heterocycles. The fourth-order valence-corrected chi connectivity index (χ4v) is 4.65. The van der Waals surface area contributed by atoms with Crippen LogP contribution in [0.3, 0.4) is 0 Å². The highest BCUT2D eigenvalue weighted by Gasteiger charge is 2.45. The summed E-state index contributed by atoms with van der Waals surface area (Å²) in [5, 5.41) is 21.4. The number of halogens is 1. The molecule has 1 saturated heterocycles. The average molecular weight is 453 g/mol. The maximum Gasteiger partial charge on any atom is 0.410 e. The second-order valence-electron chi connectivity index (χ2n) is 9.60. The minimum absolute atomic E-state index is 0.0572. The molecule has 1 saturated carbocycles. The van der Waals surface area contributed by atoms with Gasteiger partial charge in [0.1, 0.15) is 11.4 Å². The highest BCUT2D eigenvalue weighted by atomic mass is 35.5. The summed E-state index contributed by atoms with van der Waals surface area (Å²) in [6.45, 7) is 6.96. The quantitative estimate of drug-likeness (QED) is 0.725. The van der Waals surface area contributed by atoms with E-state index in [-0.39, 0.29) is 22.8 Å². The predicted molar refractivity (Wildman–Crippen MR) is 118 cm³/mol. The van der Waals surface area contributed by atoms with Crippen LogP contribution in [-0.4, -0.2) is 69.4 Å².